The van der Waals surface area contributed by atoms with Crippen molar-refractivity contribution in [2.24, 2.45) is 5.92 Å². The molecule has 12 heteroatoms. The van der Waals surface area contributed by atoms with Crippen LogP contribution < -0.4 is 15.8 Å². The Hall–Kier alpha value is -4.58. The topological polar surface area (TPSA) is 102 Å². The van der Waals surface area contributed by atoms with E-state index in [1.807, 2.05) is 35.8 Å². The van der Waals surface area contributed by atoms with Crippen molar-refractivity contribution in [2.45, 2.75) is 39.8 Å². The summed E-state index contributed by atoms with van der Waals surface area (Å²) in [6.45, 7) is 13.1. The second-order valence-corrected chi connectivity index (χ2v) is 11.2. The van der Waals surface area contributed by atoms with Crippen LogP contribution in [0.2, 0.25) is 0 Å². The number of imidazole rings is 1. The molecule has 230 valence electrons. The highest BCUT2D eigenvalue weighted by Crippen LogP contribution is 2.25. The molecule has 11 nitrogen and oxygen atoms in total. The van der Waals surface area contributed by atoms with Crippen molar-refractivity contribution >= 4 is 39.5 Å². The number of halogens is 1. The number of rotatable bonds is 12. The molecule has 1 aromatic carbocycles. The molecule has 5 aromatic rings. The third-order valence-corrected chi connectivity index (χ3v) is 8.34. The van der Waals surface area contributed by atoms with Crippen LogP contribution in [0, 0.1) is 5.92 Å². The molecule has 0 radical (unpaired) electrons. The SMILES string of the molecule is C=CCn1c(=O)c2cnc(Nc3ccc(N(CC)CC4CCCN(CCF)C4)cc3)nc2n1-c1ccc2ncn(CC)c2n1. The minimum atomic E-state index is -0.286. The molecule has 5 heterocycles. The molecule has 1 unspecified atom stereocenters. The van der Waals surface area contributed by atoms with Gasteiger partial charge in [0.25, 0.3) is 5.56 Å². The first-order chi connectivity index (χ1) is 21.5. The van der Waals surface area contributed by atoms with E-state index in [4.69, 9.17) is 9.97 Å². The number of benzene rings is 1. The standard InChI is InChI=1S/C32H39FN10O/c1-4-16-42-31(44)26-19-34-32(38-29(26)43(42)28-14-13-27-30(37-28)41(6-3)22-35-27)36-24-9-11-25(12-10-24)40(5-2)21-23-8-7-17-39(20-23)18-15-33/h4,9-14,19,22-23H,1,5-8,15-18,20-21H2,2-3H3,(H,34,36,38). The first-order valence-electron chi connectivity index (χ1n) is 15.3. The van der Waals surface area contributed by atoms with Gasteiger partial charge in [-0.3, -0.25) is 4.79 Å². The van der Waals surface area contributed by atoms with Crippen LogP contribution in [0.3, 0.4) is 0 Å². The zero-order valence-electron chi connectivity index (χ0n) is 25.4. The normalized spacial score (nSPS) is 15.7. The summed E-state index contributed by atoms with van der Waals surface area (Å²) in [6, 6.07) is 12.0. The largest absolute Gasteiger partial charge is 0.371 e. The highest BCUT2D eigenvalue weighted by atomic mass is 19.1. The summed E-state index contributed by atoms with van der Waals surface area (Å²) >= 11 is 0. The summed E-state index contributed by atoms with van der Waals surface area (Å²) in [4.78, 5) is 36.5. The fourth-order valence-corrected chi connectivity index (χ4v) is 6.12. The number of hydrogen-bond donors (Lipinski definition) is 1. The summed E-state index contributed by atoms with van der Waals surface area (Å²) in [5.41, 5.74) is 3.73. The number of allylic oxidation sites excluding steroid dienone is 1. The molecule has 0 saturated carbocycles. The summed E-state index contributed by atoms with van der Waals surface area (Å²) in [5.74, 6) is 1.45. The van der Waals surface area contributed by atoms with Gasteiger partial charge in [-0.1, -0.05) is 6.08 Å². The number of pyridine rings is 1. The zero-order valence-corrected chi connectivity index (χ0v) is 25.4. The molecule has 6 rings (SSSR count). The van der Waals surface area contributed by atoms with Crippen LogP contribution in [0.25, 0.3) is 28.0 Å². The quantitative estimate of drug-likeness (QED) is 0.205. The Morgan fingerprint density at radius 1 is 1.11 bits per heavy atom. The third-order valence-electron chi connectivity index (χ3n) is 8.34. The van der Waals surface area contributed by atoms with Crippen LogP contribution in [-0.4, -0.2) is 78.2 Å². The Morgan fingerprint density at radius 3 is 2.70 bits per heavy atom. The van der Waals surface area contributed by atoms with E-state index in [1.165, 1.54) is 6.42 Å². The smallest absolute Gasteiger partial charge is 0.278 e. The van der Waals surface area contributed by atoms with Gasteiger partial charge in [0.1, 0.15) is 17.6 Å². The molecule has 1 N–H and O–H groups in total. The molecular formula is C32H39FN10O. The Labute approximate surface area is 255 Å². The van der Waals surface area contributed by atoms with Gasteiger partial charge in [0, 0.05) is 50.3 Å². The van der Waals surface area contributed by atoms with E-state index in [0.717, 1.165) is 61.7 Å². The Bertz CT molecular complexity index is 1810. The molecule has 0 amide bonds. The molecule has 4 aromatic heterocycles. The fraction of sp³-hybridized carbons (Fsp3) is 0.406. The van der Waals surface area contributed by atoms with Crippen molar-refractivity contribution in [1.82, 2.24) is 38.8 Å². The van der Waals surface area contributed by atoms with Crippen LogP contribution >= 0.6 is 0 Å². The maximum absolute atomic E-state index is 13.4. The van der Waals surface area contributed by atoms with Crippen LogP contribution in [0.5, 0.6) is 0 Å². The van der Waals surface area contributed by atoms with E-state index < -0.39 is 0 Å². The Morgan fingerprint density at radius 2 is 1.95 bits per heavy atom. The van der Waals surface area contributed by atoms with Crippen molar-refractivity contribution in [1.29, 1.82) is 0 Å². The zero-order chi connectivity index (χ0) is 30.6. The number of anilines is 3. The van der Waals surface area contributed by atoms with Crippen LogP contribution in [0.4, 0.5) is 21.7 Å². The lowest BCUT2D eigenvalue weighted by Gasteiger charge is -2.35. The van der Waals surface area contributed by atoms with E-state index in [2.05, 4.69) is 50.7 Å². The number of alkyl halides is 1. The number of aromatic nitrogens is 7. The van der Waals surface area contributed by atoms with E-state index in [-0.39, 0.29) is 18.8 Å². The molecule has 1 aliphatic rings. The van der Waals surface area contributed by atoms with Crippen molar-refractivity contribution in [2.75, 3.05) is 49.6 Å². The van der Waals surface area contributed by atoms with Gasteiger partial charge >= 0.3 is 0 Å². The summed E-state index contributed by atoms with van der Waals surface area (Å²) in [5, 5.41) is 3.70. The van der Waals surface area contributed by atoms with Crippen LogP contribution in [0.1, 0.15) is 26.7 Å². The number of aryl methyl sites for hydroxylation is 1. The first kappa shape index (κ1) is 29.5. The molecular weight excluding hydrogens is 559 g/mol. The molecule has 1 saturated heterocycles. The number of likely N-dealkylation sites (tertiary alicyclic amines) is 1. The minimum absolute atomic E-state index is 0.216. The third kappa shape index (κ3) is 5.81. The molecule has 0 bridgehead atoms. The molecule has 44 heavy (non-hydrogen) atoms. The molecule has 0 aliphatic carbocycles. The monoisotopic (exact) mass is 598 g/mol. The maximum atomic E-state index is 13.4. The van der Waals surface area contributed by atoms with Crippen molar-refractivity contribution in [3.8, 4) is 5.82 Å². The lowest BCUT2D eigenvalue weighted by molar-refractivity contribution is 0.165. The first-order valence-corrected chi connectivity index (χ1v) is 15.3. The number of fused-ring (bicyclic) bond motifs is 2. The molecule has 1 aliphatic heterocycles. The average Bonchev–Trinajstić information content (AvgIpc) is 3.58. The van der Waals surface area contributed by atoms with E-state index >= 15 is 0 Å². The summed E-state index contributed by atoms with van der Waals surface area (Å²) < 4.78 is 18.1. The van der Waals surface area contributed by atoms with Crippen molar-refractivity contribution in [3.05, 3.63) is 71.9 Å². The van der Waals surface area contributed by atoms with Gasteiger partial charge in [0.2, 0.25) is 5.95 Å². The number of nitrogens with one attached hydrogen (secondary N) is 1. The molecule has 1 fully saturated rings. The predicted octanol–water partition coefficient (Wildman–Crippen LogP) is 4.78. The lowest BCUT2D eigenvalue weighted by Crippen LogP contribution is -2.41. The summed E-state index contributed by atoms with van der Waals surface area (Å²) in [6.07, 6.45) is 7.28. The second kappa shape index (κ2) is 13.0. The summed E-state index contributed by atoms with van der Waals surface area (Å²) in [7, 11) is 0. The van der Waals surface area contributed by atoms with Gasteiger partial charge < -0.3 is 19.7 Å². The van der Waals surface area contributed by atoms with E-state index in [9.17, 15) is 9.18 Å². The highest BCUT2D eigenvalue weighted by molar-refractivity contribution is 5.78. The lowest BCUT2D eigenvalue weighted by atomic mass is 9.97. The highest BCUT2D eigenvalue weighted by Gasteiger charge is 2.22. The maximum Gasteiger partial charge on any atom is 0.278 e. The number of piperidine rings is 1. The average molecular weight is 599 g/mol. The Kier molecular flexibility index (Phi) is 8.69. The van der Waals surface area contributed by atoms with Crippen molar-refractivity contribution < 1.29 is 4.39 Å². The van der Waals surface area contributed by atoms with E-state index in [1.54, 1.807) is 28.0 Å². The van der Waals surface area contributed by atoms with E-state index in [0.29, 0.717) is 35.3 Å². The van der Waals surface area contributed by atoms with Crippen LogP contribution in [-0.2, 0) is 13.1 Å². The second-order valence-electron chi connectivity index (χ2n) is 11.2. The van der Waals surface area contributed by atoms with Gasteiger partial charge in [0.05, 0.1) is 12.9 Å². The molecule has 1 atom stereocenters. The number of hydrogen-bond acceptors (Lipinski definition) is 8. The Balaban J connectivity index is 1.26. The van der Waals surface area contributed by atoms with Gasteiger partial charge in [-0.05, 0) is 75.5 Å². The van der Waals surface area contributed by atoms with Crippen molar-refractivity contribution in [3.63, 3.8) is 0 Å². The fourth-order valence-electron chi connectivity index (χ4n) is 6.12. The van der Waals surface area contributed by atoms with Gasteiger partial charge in [-0.15, -0.1) is 6.58 Å². The minimum Gasteiger partial charge on any atom is -0.371 e. The number of nitrogens with zero attached hydrogens (tertiary/aromatic N) is 9. The molecule has 0 spiro atoms. The van der Waals surface area contributed by atoms with Gasteiger partial charge in [-0.2, -0.15) is 4.98 Å². The van der Waals surface area contributed by atoms with Crippen LogP contribution in [0.15, 0.2) is 66.4 Å². The predicted molar refractivity (Wildman–Crippen MR) is 173 cm³/mol. The van der Waals surface area contributed by atoms with Gasteiger partial charge in [0.15, 0.2) is 17.1 Å². The van der Waals surface area contributed by atoms with Gasteiger partial charge in [-0.25, -0.2) is 28.7 Å².